The second-order valence-corrected chi connectivity index (χ2v) is 4.68. The van der Waals surface area contributed by atoms with Gasteiger partial charge in [-0.25, -0.2) is 4.39 Å². The number of carbonyl (C=O) groups excluding carboxylic acids is 2. The second kappa shape index (κ2) is 7.93. The van der Waals surface area contributed by atoms with Crippen molar-refractivity contribution in [2.75, 3.05) is 19.0 Å². The maximum atomic E-state index is 13.4. The molecule has 0 aliphatic heterocycles. The molecule has 2 aromatic rings. The average Bonchev–Trinajstić information content (AvgIpc) is 2.55. The first-order chi connectivity index (χ1) is 11.1. The Hall–Kier alpha value is -2.89. The van der Waals surface area contributed by atoms with Gasteiger partial charge in [-0.1, -0.05) is 30.3 Å². The van der Waals surface area contributed by atoms with Crippen LogP contribution in [-0.4, -0.2) is 25.6 Å². The molecule has 0 aromatic heterocycles. The molecule has 2 rings (SSSR count). The zero-order valence-electron chi connectivity index (χ0n) is 12.5. The third kappa shape index (κ3) is 4.81. The molecule has 0 fully saturated rings. The number of carbonyl (C=O) groups is 2. The third-order valence-electron chi connectivity index (χ3n) is 3.04. The number of benzene rings is 2. The molecule has 0 spiro atoms. The zero-order chi connectivity index (χ0) is 16.7. The molecule has 0 radical (unpaired) electrons. The van der Waals surface area contributed by atoms with Crippen molar-refractivity contribution in [3.63, 3.8) is 0 Å². The number of nitrogens with one attached hydrogen (secondary N) is 1. The predicted molar refractivity (Wildman–Crippen MR) is 82.7 cm³/mol. The lowest BCUT2D eigenvalue weighted by atomic mass is 10.1. The van der Waals surface area contributed by atoms with Crippen LogP contribution >= 0.6 is 0 Å². The molecule has 2 aromatic carbocycles. The van der Waals surface area contributed by atoms with Gasteiger partial charge >= 0.3 is 5.97 Å². The number of amides is 1. The summed E-state index contributed by atoms with van der Waals surface area (Å²) in [5, 5.41) is 2.58. The van der Waals surface area contributed by atoms with Crippen LogP contribution in [0, 0.1) is 5.82 Å². The molecule has 0 aliphatic carbocycles. The van der Waals surface area contributed by atoms with Crippen molar-refractivity contribution >= 4 is 17.6 Å². The Kier molecular flexibility index (Phi) is 5.68. The van der Waals surface area contributed by atoms with Gasteiger partial charge in [0, 0.05) is 0 Å². The van der Waals surface area contributed by atoms with E-state index in [-0.39, 0.29) is 12.0 Å². The van der Waals surface area contributed by atoms with Gasteiger partial charge in [-0.05, 0) is 23.8 Å². The van der Waals surface area contributed by atoms with E-state index in [2.05, 4.69) is 5.32 Å². The van der Waals surface area contributed by atoms with Crippen LogP contribution in [0.15, 0.2) is 48.5 Å². The second-order valence-electron chi connectivity index (χ2n) is 4.68. The standard InChI is InChI=1S/C17H16FNO4/c1-22-15-9-5-4-8-14(15)19-16(20)11-23-17(21)10-12-6-2-3-7-13(12)18/h2-9H,10-11H2,1H3,(H,19,20). The van der Waals surface area contributed by atoms with E-state index >= 15 is 0 Å². The van der Waals surface area contributed by atoms with E-state index in [1.165, 1.54) is 25.3 Å². The van der Waals surface area contributed by atoms with Crippen molar-refractivity contribution in [3.8, 4) is 5.75 Å². The summed E-state index contributed by atoms with van der Waals surface area (Å²) in [6.45, 7) is -0.453. The fourth-order valence-electron chi connectivity index (χ4n) is 1.93. The van der Waals surface area contributed by atoms with Gasteiger partial charge in [-0.15, -0.1) is 0 Å². The quantitative estimate of drug-likeness (QED) is 0.832. The van der Waals surface area contributed by atoms with E-state index in [4.69, 9.17) is 9.47 Å². The number of halogens is 1. The summed E-state index contributed by atoms with van der Waals surface area (Å²) >= 11 is 0. The van der Waals surface area contributed by atoms with Crippen LogP contribution in [0.3, 0.4) is 0 Å². The lowest BCUT2D eigenvalue weighted by molar-refractivity contribution is -0.146. The molecular weight excluding hydrogens is 301 g/mol. The molecule has 1 amide bonds. The van der Waals surface area contributed by atoms with Crippen LogP contribution in [0.1, 0.15) is 5.56 Å². The molecule has 23 heavy (non-hydrogen) atoms. The van der Waals surface area contributed by atoms with Crippen molar-refractivity contribution in [2.45, 2.75) is 6.42 Å². The monoisotopic (exact) mass is 317 g/mol. The van der Waals surface area contributed by atoms with Crippen LogP contribution in [0.5, 0.6) is 5.75 Å². The summed E-state index contributed by atoms with van der Waals surface area (Å²) in [7, 11) is 1.49. The summed E-state index contributed by atoms with van der Waals surface area (Å²) in [4.78, 5) is 23.4. The van der Waals surface area contributed by atoms with Crippen LogP contribution in [0.2, 0.25) is 0 Å². The van der Waals surface area contributed by atoms with E-state index in [9.17, 15) is 14.0 Å². The molecule has 6 heteroatoms. The van der Waals surface area contributed by atoms with Gasteiger partial charge in [-0.2, -0.15) is 0 Å². The number of hydrogen-bond acceptors (Lipinski definition) is 4. The number of hydrogen-bond donors (Lipinski definition) is 1. The topological polar surface area (TPSA) is 64.6 Å². The van der Waals surface area contributed by atoms with Crippen LogP contribution in [0.4, 0.5) is 10.1 Å². The SMILES string of the molecule is COc1ccccc1NC(=O)COC(=O)Cc1ccccc1F. The summed E-state index contributed by atoms with van der Waals surface area (Å²) in [6, 6.07) is 12.8. The summed E-state index contributed by atoms with van der Waals surface area (Å²) < 4.78 is 23.4. The number of esters is 1. The van der Waals surface area contributed by atoms with Gasteiger partial charge < -0.3 is 14.8 Å². The Labute approximate surface area is 133 Å². The number of anilines is 1. The van der Waals surface area contributed by atoms with Crippen molar-refractivity contribution in [1.29, 1.82) is 0 Å². The maximum absolute atomic E-state index is 13.4. The van der Waals surface area contributed by atoms with Gasteiger partial charge in [0.2, 0.25) is 0 Å². The van der Waals surface area contributed by atoms with Crippen LogP contribution in [0.25, 0.3) is 0 Å². The highest BCUT2D eigenvalue weighted by Crippen LogP contribution is 2.22. The Morgan fingerprint density at radius 3 is 2.52 bits per heavy atom. The minimum absolute atomic E-state index is 0.225. The Bertz CT molecular complexity index is 702. The van der Waals surface area contributed by atoms with Crippen LogP contribution in [-0.2, 0) is 20.7 Å². The lowest BCUT2D eigenvalue weighted by Crippen LogP contribution is -2.22. The molecule has 0 saturated carbocycles. The van der Waals surface area contributed by atoms with E-state index in [0.717, 1.165) is 0 Å². The number of ether oxygens (including phenoxy) is 2. The maximum Gasteiger partial charge on any atom is 0.310 e. The highest BCUT2D eigenvalue weighted by Gasteiger charge is 2.12. The zero-order valence-corrected chi connectivity index (χ0v) is 12.5. The molecule has 0 saturated heterocycles. The molecule has 120 valence electrons. The fourth-order valence-corrected chi connectivity index (χ4v) is 1.93. The Balaban J connectivity index is 1.84. The highest BCUT2D eigenvalue weighted by atomic mass is 19.1. The first kappa shape index (κ1) is 16.5. The van der Waals surface area contributed by atoms with Crippen molar-refractivity contribution < 1.29 is 23.5 Å². The average molecular weight is 317 g/mol. The third-order valence-corrected chi connectivity index (χ3v) is 3.04. The molecule has 0 unspecified atom stereocenters. The largest absolute Gasteiger partial charge is 0.495 e. The number of para-hydroxylation sites is 2. The molecule has 1 N–H and O–H groups in total. The van der Waals surface area contributed by atoms with E-state index < -0.39 is 24.3 Å². The minimum atomic E-state index is -0.676. The van der Waals surface area contributed by atoms with Crippen LogP contribution < -0.4 is 10.1 Å². The normalized spacial score (nSPS) is 10.0. The Morgan fingerprint density at radius 2 is 1.78 bits per heavy atom. The first-order valence-corrected chi connectivity index (χ1v) is 6.92. The van der Waals surface area contributed by atoms with Gasteiger partial charge in [0.25, 0.3) is 5.91 Å². The summed E-state index contributed by atoms with van der Waals surface area (Å²) in [6.07, 6.45) is -0.228. The number of methoxy groups -OCH3 is 1. The van der Waals surface area contributed by atoms with Crippen molar-refractivity contribution in [1.82, 2.24) is 0 Å². The molecule has 0 atom stereocenters. The minimum Gasteiger partial charge on any atom is -0.495 e. The molecule has 0 bridgehead atoms. The van der Waals surface area contributed by atoms with E-state index in [1.807, 2.05) is 0 Å². The van der Waals surface area contributed by atoms with Gasteiger partial charge in [0.15, 0.2) is 6.61 Å². The first-order valence-electron chi connectivity index (χ1n) is 6.92. The van der Waals surface area contributed by atoms with Crippen molar-refractivity contribution in [2.24, 2.45) is 0 Å². The molecule has 0 aliphatic rings. The summed E-state index contributed by atoms with van der Waals surface area (Å²) in [5.41, 5.74) is 0.702. The highest BCUT2D eigenvalue weighted by molar-refractivity contribution is 5.94. The molecule has 0 heterocycles. The van der Waals surface area contributed by atoms with Gasteiger partial charge in [0.1, 0.15) is 11.6 Å². The van der Waals surface area contributed by atoms with Gasteiger partial charge in [-0.3, -0.25) is 9.59 Å². The lowest BCUT2D eigenvalue weighted by Gasteiger charge is -2.10. The number of rotatable bonds is 6. The smallest absolute Gasteiger partial charge is 0.310 e. The fraction of sp³-hybridized carbons (Fsp3) is 0.176. The van der Waals surface area contributed by atoms with E-state index in [0.29, 0.717) is 11.4 Å². The predicted octanol–water partition coefficient (Wildman–Crippen LogP) is 2.56. The van der Waals surface area contributed by atoms with Gasteiger partial charge in [0.05, 0.1) is 19.2 Å². The van der Waals surface area contributed by atoms with E-state index in [1.54, 1.807) is 30.3 Å². The Morgan fingerprint density at radius 1 is 1.09 bits per heavy atom. The molecular formula is C17H16FNO4. The van der Waals surface area contributed by atoms with Crippen molar-refractivity contribution in [3.05, 3.63) is 59.9 Å². The summed E-state index contributed by atoms with van der Waals surface area (Å²) in [5.74, 6) is -1.16. The molecule has 5 nitrogen and oxygen atoms in total.